The Hall–Kier alpha value is -2.02. The quantitative estimate of drug-likeness (QED) is 0.795. The molecule has 23 heavy (non-hydrogen) atoms. The van der Waals surface area contributed by atoms with Crippen LogP contribution in [0.2, 0.25) is 0 Å². The lowest BCUT2D eigenvalue weighted by Gasteiger charge is -2.31. The molecule has 1 saturated heterocycles. The van der Waals surface area contributed by atoms with E-state index in [9.17, 15) is 14.4 Å². The van der Waals surface area contributed by atoms with Gasteiger partial charge in [-0.15, -0.1) is 11.8 Å². The van der Waals surface area contributed by atoms with E-state index in [4.69, 9.17) is 10.8 Å². The number of nitrogens with two attached hydrogens (primary N) is 1. The molecule has 2 rings (SSSR count). The summed E-state index contributed by atoms with van der Waals surface area (Å²) in [6.07, 6.45) is 1.44. The maximum Gasteiger partial charge on any atom is 0.316 e. The fraction of sp³-hybridized carbons (Fsp3) is 0.438. The number of carboxylic acid groups (broad SMARTS) is 1. The zero-order valence-corrected chi connectivity index (χ0v) is 13.7. The number of amides is 2. The predicted molar refractivity (Wildman–Crippen MR) is 87.2 cm³/mol. The number of carbonyl (C=O) groups excluding carboxylic acids is 2. The van der Waals surface area contributed by atoms with Crippen molar-refractivity contribution >= 4 is 29.5 Å². The van der Waals surface area contributed by atoms with Crippen molar-refractivity contribution in [2.45, 2.75) is 29.9 Å². The first-order valence-electron chi connectivity index (χ1n) is 7.47. The van der Waals surface area contributed by atoms with E-state index in [1.165, 1.54) is 0 Å². The molecule has 2 amide bonds. The summed E-state index contributed by atoms with van der Waals surface area (Å²) in [6.45, 7) is 2.48. The molecule has 124 valence electrons. The van der Waals surface area contributed by atoms with Crippen molar-refractivity contribution in [2.75, 3.05) is 13.1 Å². The zero-order valence-electron chi connectivity index (χ0n) is 12.9. The third kappa shape index (κ3) is 4.25. The minimum Gasteiger partial charge on any atom is -0.480 e. The number of piperidine rings is 1. The van der Waals surface area contributed by atoms with E-state index in [2.05, 4.69) is 0 Å². The fourth-order valence-electron chi connectivity index (χ4n) is 2.55. The Morgan fingerprint density at radius 2 is 2.04 bits per heavy atom. The van der Waals surface area contributed by atoms with Crippen molar-refractivity contribution < 1.29 is 19.5 Å². The Morgan fingerprint density at radius 1 is 1.35 bits per heavy atom. The predicted octanol–water partition coefficient (Wildman–Crippen LogP) is 1.59. The first kappa shape index (κ1) is 17.3. The number of thioether (sulfide) groups is 1. The van der Waals surface area contributed by atoms with Gasteiger partial charge in [0.25, 0.3) is 5.91 Å². The van der Waals surface area contributed by atoms with Gasteiger partial charge in [-0.05, 0) is 31.9 Å². The summed E-state index contributed by atoms with van der Waals surface area (Å²) in [4.78, 5) is 37.4. The van der Waals surface area contributed by atoms with Gasteiger partial charge in [-0.25, -0.2) is 0 Å². The second-order valence-electron chi connectivity index (χ2n) is 5.59. The van der Waals surface area contributed by atoms with Gasteiger partial charge in [0.1, 0.15) is 5.25 Å². The largest absolute Gasteiger partial charge is 0.480 e. The summed E-state index contributed by atoms with van der Waals surface area (Å²) >= 11 is 1.14. The molecular weight excluding hydrogens is 316 g/mol. The molecule has 0 bridgehead atoms. The van der Waals surface area contributed by atoms with Crippen LogP contribution in [-0.2, 0) is 9.59 Å². The molecule has 1 fully saturated rings. The Morgan fingerprint density at radius 3 is 2.70 bits per heavy atom. The van der Waals surface area contributed by atoms with Gasteiger partial charge in [0.05, 0.1) is 11.5 Å². The number of hydrogen-bond acceptors (Lipinski definition) is 4. The third-order valence-corrected chi connectivity index (χ3v) is 5.05. The summed E-state index contributed by atoms with van der Waals surface area (Å²) in [5, 5.41) is 8.40. The molecule has 1 heterocycles. The van der Waals surface area contributed by atoms with E-state index < -0.39 is 11.2 Å². The van der Waals surface area contributed by atoms with Gasteiger partial charge in [0.2, 0.25) is 5.91 Å². The molecule has 1 aliphatic rings. The van der Waals surface area contributed by atoms with E-state index in [0.29, 0.717) is 30.0 Å². The molecule has 1 aliphatic heterocycles. The second kappa shape index (κ2) is 7.50. The number of primary amides is 1. The molecule has 0 saturated carbocycles. The molecule has 3 N–H and O–H groups in total. The van der Waals surface area contributed by atoms with Crippen LogP contribution in [0.3, 0.4) is 0 Å². The van der Waals surface area contributed by atoms with Crippen LogP contribution in [0.1, 0.15) is 30.1 Å². The van der Waals surface area contributed by atoms with Crippen LogP contribution in [0.5, 0.6) is 0 Å². The average molecular weight is 336 g/mol. The minimum absolute atomic E-state index is 0.184. The lowest BCUT2D eigenvalue weighted by Crippen LogP contribution is -2.44. The lowest BCUT2D eigenvalue weighted by atomic mass is 9.97. The van der Waals surface area contributed by atoms with E-state index in [1.807, 2.05) is 0 Å². The van der Waals surface area contributed by atoms with Crippen LogP contribution in [0.4, 0.5) is 0 Å². The van der Waals surface area contributed by atoms with Gasteiger partial charge >= 0.3 is 5.97 Å². The van der Waals surface area contributed by atoms with Gasteiger partial charge in [-0.2, -0.15) is 0 Å². The molecule has 1 aromatic carbocycles. The van der Waals surface area contributed by atoms with Gasteiger partial charge in [0.15, 0.2) is 0 Å². The van der Waals surface area contributed by atoms with E-state index in [-0.39, 0.29) is 17.7 Å². The summed E-state index contributed by atoms with van der Waals surface area (Å²) in [6, 6.07) is 6.95. The Balaban J connectivity index is 2.19. The van der Waals surface area contributed by atoms with Crippen LogP contribution in [0.15, 0.2) is 29.2 Å². The molecular formula is C16H20N2O4S. The highest BCUT2D eigenvalue weighted by Gasteiger charge is 2.29. The van der Waals surface area contributed by atoms with Crippen molar-refractivity contribution in [3.05, 3.63) is 29.8 Å². The highest BCUT2D eigenvalue weighted by molar-refractivity contribution is 8.00. The Kier molecular flexibility index (Phi) is 5.65. The summed E-state index contributed by atoms with van der Waals surface area (Å²) in [5.74, 6) is -1.81. The minimum atomic E-state index is -0.927. The number of benzene rings is 1. The van der Waals surface area contributed by atoms with Crippen molar-refractivity contribution in [3.8, 4) is 0 Å². The first-order chi connectivity index (χ1) is 10.9. The van der Waals surface area contributed by atoms with Crippen LogP contribution in [0, 0.1) is 5.92 Å². The molecule has 0 spiro atoms. The van der Waals surface area contributed by atoms with Crippen molar-refractivity contribution in [3.63, 3.8) is 0 Å². The lowest BCUT2D eigenvalue weighted by molar-refractivity contribution is -0.136. The smallest absolute Gasteiger partial charge is 0.316 e. The van der Waals surface area contributed by atoms with Gasteiger partial charge in [-0.3, -0.25) is 14.4 Å². The number of hydrogen-bond donors (Lipinski definition) is 2. The number of likely N-dealkylation sites (tertiary alicyclic amines) is 1. The molecule has 0 aromatic heterocycles. The number of aliphatic carboxylic acids is 1. The molecule has 6 nitrogen and oxygen atoms in total. The average Bonchev–Trinajstić information content (AvgIpc) is 2.54. The van der Waals surface area contributed by atoms with Crippen molar-refractivity contribution in [1.82, 2.24) is 4.90 Å². The number of rotatable bonds is 5. The first-order valence-corrected chi connectivity index (χ1v) is 8.35. The number of carbonyl (C=O) groups is 3. The molecule has 1 aromatic rings. The Labute approximate surface area is 139 Å². The fourth-order valence-corrected chi connectivity index (χ4v) is 3.47. The normalized spacial score (nSPS) is 19.2. The molecule has 2 unspecified atom stereocenters. The second-order valence-corrected chi connectivity index (χ2v) is 6.97. The third-order valence-electron chi connectivity index (χ3n) is 3.88. The molecule has 7 heteroatoms. The summed E-state index contributed by atoms with van der Waals surface area (Å²) < 4.78 is 0. The maximum atomic E-state index is 12.8. The maximum absolute atomic E-state index is 12.8. The monoisotopic (exact) mass is 336 g/mol. The number of nitrogens with zero attached hydrogens (tertiary/aromatic N) is 1. The zero-order chi connectivity index (χ0) is 17.0. The molecule has 0 aliphatic carbocycles. The molecule has 2 atom stereocenters. The van der Waals surface area contributed by atoms with Gasteiger partial charge in [0, 0.05) is 18.0 Å². The van der Waals surface area contributed by atoms with Gasteiger partial charge < -0.3 is 15.7 Å². The van der Waals surface area contributed by atoms with E-state index in [0.717, 1.165) is 18.2 Å². The van der Waals surface area contributed by atoms with Crippen LogP contribution < -0.4 is 5.73 Å². The number of carboxylic acids is 1. The van der Waals surface area contributed by atoms with Crippen molar-refractivity contribution in [2.24, 2.45) is 11.7 Å². The van der Waals surface area contributed by atoms with Crippen LogP contribution in [0.25, 0.3) is 0 Å². The van der Waals surface area contributed by atoms with E-state index >= 15 is 0 Å². The highest BCUT2D eigenvalue weighted by Crippen LogP contribution is 2.29. The van der Waals surface area contributed by atoms with Crippen LogP contribution >= 0.6 is 11.8 Å². The molecule has 0 radical (unpaired) electrons. The summed E-state index contributed by atoms with van der Waals surface area (Å²) in [5.41, 5.74) is 5.82. The highest BCUT2D eigenvalue weighted by atomic mass is 32.2. The topological polar surface area (TPSA) is 101 Å². The summed E-state index contributed by atoms with van der Waals surface area (Å²) in [7, 11) is 0. The van der Waals surface area contributed by atoms with Gasteiger partial charge in [-0.1, -0.05) is 12.1 Å². The van der Waals surface area contributed by atoms with Crippen LogP contribution in [-0.4, -0.2) is 46.1 Å². The SMILES string of the molecule is CC(Sc1ccccc1C(=O)N1CCCC(C(N)=O)C1)C(=O)O. The van der Waals surface area contributed by atoms with E-state index in [1.54, 1.807) is 36.1 Å². The Bertz CT molecular complexity index is 620. The standard InChI is InChI=1S/C16H20N2O4S/c1-10(16(21)22)23-13-7-3-2-6-12(13)15(20)18-8-4-5-11(9-18)14(17)19/h2-3,6-7,10-11H,4-5,8-9H2,1H3,(H2,17,19)(H,21,22). The van der Waals surface area contributed by atoms with Crippen molar-refractivity contribution in [1.29, 1.82) is 0 Å².